The van der Waals surface area contributed by atoms with Gasteiger partial charge in [0.2, 0.25) is 5.91 Å². The van der Waals surface area contributed by atoms with Crippen LogP contribution in [0.5, 0.6) is 0 Å². The fourth-order valence-electron chi connectivity index (χ4n) is 1.23. The molecule has 3 heteroatoms. The molecule has 1 aliphatic rings. The van der Waals surface area contributed by atoms with Crippen LogP contribution in [-0.4, -0.2) is 25.2 Å². The Morgan fingerprint density at radius 3 is 3.17 bits per heavy atom. The van der Waals surface area contributed by atoms with Gasteiger partial charge in [-0.15, -0.1) is 0 Å². The molecule has 68 valence electrons. The Morgan fingerprint density at radius 2 is 2.58 bits per heavy atom. The number of hydrogen-bond donors (Lipinski definition) is 1. The Bertz CT molecular complexity index is 171. The van der Waals surface area contributed by atoms with Gasteiger partial charge in [-0.1, -0.05) is 6.08 Å². The summed E-state index contributed by atoms with van der Waals surface area (Å²) >= 11 is 0. The molecule has 0 aliphatic carbocycles. The first-order chi connectivity index (χ1) is 5.83. The number of carbonyl (C=O) groups excluding carboxylic acids is 1. The van der Waals surface area contributed by atoms with Crippen LogP contribution in [0, 0.1) is 0 Å². The number of nitrogens with one attached hydrogen (secondary N) is 1. The zero-order valence-electron chi connectivity index (χ0n) is 7.38. The first kappa shape index (κ1) is 9.26. The molecule has 3 nitrogen and oxygen atoms in total. The summed E-state index contributed by atoms with van der Waals surface area (Å²) in [6.07, 6.45) is 5.67. The van der Waals surface area contributed by atoms with Crippen molar-refractivity contribution in [2.24, 2.45) is 0 Å². The van der Waals surface area contributed by atoms with Gasteiger partial charge in [0, 0.05) is 13.2 Å². The van der Waals surface area contributed by atoms with E-state index in [0.717, 1.165) is 19.4 Å². The van der Waals surface area contributed by atoms with Gasteiger partial charge in [0.05, 0.1) is 6.10 Å². The van der Waals surface area contributed by atoms with Crippen molar-refractivity contribution >= 4 is 5.91 Å². The van der Waals surface area contributed by atoms with E-state index in [0.29, 0.717) is 6.54 Å². The summed E-state index contributed by atoms with van der Waals surface area (Å²) in [4.78, 5) is 10.9. The van der Waals surface area contributed by atoms with Crippen molar-refractivity contribution < 1.29 is 9.53 Å². The lowest BCUT2D eigenvalue weighted by molar-refractivity contribution is -0.117. The smallest absolute Gasteiger partial charge is 0.243 e. The molecule has 1 fully saturated rings. The summed E-state index contributed by atoms with van der Waals surface area (Å²) in [5.41, 5.74) is 0. The first-order valence-electron chi connectivity index (χ1n) is 4.35. The zero-order valence-corrected chi connectivity index (χ0v) is 7.38. The third kappa shape index (κ3) is 3.05. The monoisotopic (exact) mass is 169 g/mol. The standard InChI is InChI=1S/C9H15NO2/c1-2-4-9(11)10-7-8-5-3-6-12-8/h2,4,8H,3,5-7H2,1H3,(H,10,11)/b4-2+. The van der Waals surface area contributed by atoms with Crippen molar-refractivity contribution in [3.63, 3.8) is 0 Å². The second-order valence-electron chi connectivity index (χ2n) is 2.88. The highest BCUT2D eigenvalue weighted by Gasteiger charge is 2.15. The van der Waals surface area contributed by atoms with Crippen molar-refractivity contribution in [3.8, 4) is 0 Å². The van der Waals surface area contributed by atoms with Gasteiger partial charge in [0.25, 0.3) is 0 Å². The Kier molecular flexibility index (Phi) is 3.80. The van der Waals surface area contributed by atoms with Gasteiger partial charge in [-0.25, -0.2) is 0 Å². The Labute approximate surface area is 72.8 Å². The predicted molar refractivity (Wildman–Crippen MR) is 46.8 cm³/mol. The summed E-state index contributed by atoms with van der Waals surface area (Å²) in [6.45, 7) is 3.30. The molecule has 1 unspecified atom stereocenters. The summed E-state index contributed by atoms with van der Waals surface area (Å²) in [5.74, 6) is -0.0343. The van der Waals surface area contributed by atoms with Crippen molar-refractivity contribution in [2.45, 2.75) is 25.9 Å². The molecule has 0 aromatic carbocycles. The van der Waals surface area contributed by atoms with Crippen LogP contribution in [0.3, 0.4) is 0 Å². The van der Waals surface area contributed by atoms with Crippen molar-refractivity contribution in [2.75, 3.05) is 13.2 Å². The Hall–Kier alpha value is -0.830. The van der Waals surface area contributed by atoms with Crippen LogP contribution in [0.25, 0.3) is 0 Å². The molecule has 12 heavy (non-hydrogen) atoms. The van der Waals surface area contributed by atoms with E-state index in [2.05, 4.69) is 5.32 Å². The van der Waals surface area contributed by atoms with Gasteiger partial charge in [-0.3, -0.25) is 4.79 Å². The highest BCUT2D eigenvalue weighted by molar-refractivity contribution is 5.87. The van der Waals surface area contributed by atoms with Crippen LogP contribution in [0.2, 0.25) is 0 Å². The summed E-state index contributed by atoms with van der Waals surface area (Å²) in [5, 5.41) is 2.77. The van der Waals surface area contributed by atoms with E-state index in [4.69, 9.17) is 4.74 Å². The lowest BCUT2D eigenvalue weighted by atomic mass is 10.2. The molecule has 1 N–H and O–H groups in total. The fourth-order valence-corrected chi connectivity index (χ4v) is 1.23. The maximum atomic E-state index is 10.9. The molecule has 1 aliphatic heterocycles. The molecule has 0 radical (unpaired) electrons. The number of amides is 1. The minimum atomic E-state index is -0.0343. The van der Waals surface area contributed by atoms with Crippen molar-refractivity contribution in [3.05, 3.63) is 12.2 Å². The topological polar surface area (TPSA) is 38.3 Å². The number of carbonyl (C=O) groups is 1. The van der Waals surface area contributed by atoms with E-state index in [9.17, 15) is 4.79 Å². The molecule has 0 saturated carbocycles. The van der Waals surface area contributed by atoms with Crippen molar-refractivity contribution in [1.82, 2.24) is 5.32 Å². The molecule has 1 heterocycles. The third-order valence-corrected chi connectivity index (χ3v) is 1.85. The van der Waals surface area contributed by atoms with E-state index in [1.54, 1.807) is 6.08 Å². The Morgan fingerprint density at radius 1 is 1.75 bits per heavy atom. The zero-order chi connectivity index (χ0) is 8.81. The molecule has 0 aromatic rings. The van der Waals surface area contributed by atoms with Crippen LogP contribution in [0.1, 0.15) is 19.8 Å². The van der Waals surface area contributed by atoms with Crippen LogP contribution in [0.15, 0.2) is 12.2 Å². The van der Waals surface area contributed by atoms with Crippen LogP contribution in [-0.2, 0) is 9.53 Å². The van der Waals surface area contributed by atoms with Crippen LogP contribution in [0.4, 0.5) is 0 Å². The van der Waals surface area contributed by atoms with E-state index in [1.807, 2.05) is 6.92 Å². The number of allylic oxidation sites excluding steroid dienone is 1. The largest absolute Gasteiger partial charge is 0.376 e. The highest BCUT2D eigenvalue weighted by Crippen LogP contribution is 2.10. The molecule has 1 rings (SSSR count). The average Bonchev–Trinajstić information content (AvgIpc) is 2.53. The van der Waals surface area contributed by atoms with Gasteiger partial charge in [0.15, 0.2) is 0 Å². The molecular formula is C9H15NO2. The highest BCUT2D eigenvalue weighted by atomic mass is 16.5. The number of hydrogen-bond acceptors (Lipinski definition) is 2. The molecule has 0 bridgehead atoms. The maximum Gasteiger partial charge on any atom is 0.243 e. The lowest BCUT2D eigenvalue weighted by Crippen LogP contribution is -2.30. The molecular weight excluding hydrogens is 154 g/mol. The Balaban J connectivity index is 2.11. The second kappa shape index (κ2) is 4.93. The van der Waals surface area contributed by atoms with Crippen molar-refractivity contribution in [1.29, 1.82) is 0 Å². The number of ether oxygens (including phenoxy) is 1. The summed E-state index contributed by atoms with van der Waals surface area (Å²) < 4.78 is 5.34. The molecule has 0 aromatic heterocycles. The van der Waals surface area contributed by atoms with E-state index < -0.39 is 0 Å². The third-order valence-electron chi connectivity index (χ3n) is 1.85. The van der Waals surface area contributed by atoms with Crippen LogP contribution < -0.4 is 5.32 Å². The van der Waals surface area contributed by atoms with E-state index >= 15 is 0 Å². The molecule has 1 saturated heterocycles. The van der Waals surface area contributed by atoms with E-state index in [1.165, 1.54) is 6.08 Å². The normalized spacial score (nSPS) is 23.2. The summed E-state index contributed by atoms with van der Waals surface area (Å²) in [7, 11) is 0. The average molecular weight is 169 g/mol. The lowest BCUT2D eigenvalue weighted by Gasteiger charge is -2.08. The first-order valence-corrected chi connectivity index (χ1v) is 4.35. The van der Waals surface area contributed by atoms with Gasteiger partial charge in [-0.05, 0) is 25.8 Å². The van der Waals surface area contributed by atoms with Crippen LogP contribution >= 0.6 is 0 Å². The minimum absolute atomic E-state index is 0.0343. The number of rotatable bonds is 3. The van der Waals surface area contributed by atoms with Gasteiger partial charge < -0.3 is 10.1 Å². The predicted octanol–water partition coefficient (Wildman–Crippen LogP) is 0.858. The second-order valence-corrected chi connectivity index (χ2v) is 2.88. The molecule has 1 amide bonds. The quantitative estimate of drug-likeness (QED) is 0.636. The SMILES string of the molecule is C/C=C/C(=O)NCC1CCCO1. The maximum absolute atomic E-state index is 10.9. The molecule has 1 atom stereocenters. The van der Waals surface area contributed by atoms with Gasteiger partial charge in [-0.2, -0.15) is 0 Å². The fraction of sp³-hybridized carbons (Fsp3) is 0.667. The van der Waals surface area contributed by atoms with E-state index in [-0.39, 0.29) is 12.0 Å². The van der Waals surface area contributed by atoms with Gasteiger partial charge >= 0.3 is 0 Å². The van der Waals surface area contributed by atoms with Gasteiger partial charge in [0.1, 0.15) is 0 Å². The summed E-state index contributed by atoms with van der Waals surface area (Å²) in [6, 6.07) is 0. The molecule has 0 spiro atoms. The minimum Gasteiger partial charge on any atom is -0.376 e.